The van der Waals surface area contributed by atoms with Crippen molar-refractivity contribution in [1.82, 2.24) is 9.13 Å². The topological polar surface area (TPSA) is 48.2 Å². The molecule has 228 valence electrons. The smallest absolute Gasteiger partial charge is 0.0863 e. The summed E-state index contributed by atoms with van der Waals surface area (Å²) < 4.78 is 4.75. The Morgan fingerprint density at radius 1 is 0.479 bits per heavy atom. The SMILES string of the molecule is Nc1ccccc1/N=C(\Cn1c2ccccc2c2cc(-c3ccc4c(c3)c3ccccc3n4-c3ccccc3)ccc21)c1ccccc1. The van der Waals surface area contributed by atoms with Crippen molar-refractivity contribution in [3.05, 3.63) is 175 Å². The highest BCUT2D eigenvalue weighted by atomic mass is 15.0. The number of para-hydroxylation sites is 5. The standard InChI is InChI=1S/C44H32N4/c45-38-19-9-10-20-39(38)46-40(30-13-3-1-4-14-30)29-47-41-21-11-7-17-34(41)36-27-31(23-25-42(36)47)32-24-26-44-37(28-32)35-18-8-12-22-43(35)48(44)33-15-5-2-6-16-33/h1-28H,29,45H2/b46-40+. The lowest BCUT2D eigenvalue weighted by Gasteiger charge is -2.13. The van der Waals surface area contributed by atoms with E-state index < -0.39 is 0 Å². The fourth-order valence-electron chi connectivity index (χ4n) is 7.12. The van der Waals surface area contributed by atoms with E-state index in [0.717, 1.165) is 17.0 Å². The summed E-state index contributed by atoms with van der Waals surface area (Å²) in [7, 11) is 0. The van der Waals surface area contributed by atoms with Crippen molar-refractivity contribution in [1.29, 1.82) is 0 Å². The molecule has 7 aromatic carbocycles. The summed E-state index contributed by atoms with van der Waals surface area (Å²) in [6, 6.07) is 59.9. The van der Waals surface area contributed by atoms with Crippen LogP contribution in [0.2, 0.25) is 0 Å². The molecule has 2 N–H and O–H groups in total. The Labute approximate surface area is 278 Å². The van der Waals surface area contributed by atoms with Gasteiger partial charge in [0.25, 0.3) is 0 Å². The molecule has 0 aliphatic rings. The lowest BCUT2D eigenvalue weighted by Crippen LogP contribution is -2.11. The van der Waals surface area contributed by atoms with Crippen LogP contribution in [-0.2, 0) is 6.54 Å². The van der Waals surface area contributed by atoms with Crippen LogP contribution >= 0.6 is 0 Å². The average Bonchev–Trinajstić information content (AvgIpc) is 3.65. The molecule has 9 rings (SSSR count). The first-order valence-electron chi connectivity index (χ1n) is 16.3. The third kappa shape index (κ3) is 4.66. The minimum Gasteiger partial charge on any atom is -0.397 e. The molecule has 0 radical (unpaired) electrons. The number of fused-ring (bicyclic) bond motifs is 6. The van der Waals surface area contributed by atoms with Crippen molar-refractivity contribution in [2.24, 2.45) is 4.99 Å². The third-order valence-corrected chi connectivity index (χ3v) is 9.40. The van der Waals surface area contributed by atoms with Crippen LogP contribution in [0.4, 0.5) is 11.4 Å². The molecule has 0 aliphatic heterocycles. The maximum Gasteiger partial charge on any atom is 0.0863 e. The van der Waals surface area contributed by atoms with E-state index in [9.17, 15) is 0 Å². The van der Waals surface area contributed by atoms with Gasteiger partial charge in [-0.1, -0.05) is 109 Å². The van der Waals surface area contributed by atoms with Crippen LogP contribution in [0.1, 0.15) is 5.56 Å². The zero-order chi connectivity index (χ0) is 32.0. The number of aromatic nitrogens is 2. The highest BCUT2D eigenvalue weighted by molar-refractivity contribution is 6.13. The van der Waals surface area contributed by atoms with Crippen molar-refractivity contribution in [3.8, 4) is 16.8 Å². The maximum absolute atomic E-state index is 6.35. The summed E-state index contributed by atoms with van der Waals surface area (Å²) in [5.74, 6) is 0. The molecule has 0 fully saturated rings. The minimum absolute atomic E-state index is 0.604. The van der Waals surface area contributed by atoms with E-state index in [4.69, 9.17) is 10.7 Å². The van der Waals surface area contributed by atoms with Crippen LogP contribution in [0, 0.1) is 0 Å². The van der Waals surface area contributed by atoms with Gasteiger partial charge in [-0.3, -0.25) is 0 Å². The van der Waals surface area contributed by atoms with Crippen LogP contribution < -0.4 is 5.73 Å². The molecule has 4 nitrogen and oxygen atoms in total. The Morgan fingerprint density at radius 2 is 1.00 bits per heavy atom. The van der Waals surface area contributed by atoms with E-state index in [1.807, 2.05) is 30.3 Å². The summed E-state index contributed by atoms with van der Waals surface area (Å²) in [5.41, 5.74) is 18.2. The van der Waals surface area contributed by atoms with Gasteiger partial charge >= 0.3 is 0 Å². The lowest BCUT2D eigenvalue weighted by atomic mass is 10.0. The summed E-state index contributed by atoms with van der Waals surface area (Å²) in [5, 5.41) is 4.95. The highest BCUT2D eigenvalue weighted by Gasteiger charge is 2.17. The monoisotopic (exact) mass is 616 g/mol. The first kappa shape index (κ1) is 27.9. The molecule has 0 saturated carbocycles. The van der Waals surface area contributed by atoms with Crippen molar-refractivity contribution in [2.75, 3.05) is 5.73 Å². The number of nitrogen functional groups attached to an aromatic ring is 1. The largest absolute Gasteiger partial charge is 0.397 e. The predicted molar refractivity (Wildman–Crippen MR) is 203 cm³/mol. The summed E-state index contributed by atoms with van der Waals surface area (Å²) in [6.45, 7) is 0.604. The van der Waals surface area contributed by atoms with Gasteiger partial charge in [-0.2, -0.15) is 0 Å². The Bertz CT molecular complexity index is 2640. The van der Waals surface area contributed by atoms with E-state index in [-0.39, 0.29) is 0 Å². The number of nitrogens with two attached hydrogens (primary N) is 1. The van der Waals surface area contributed by atoms with Gasteiger partial charge in [0.1, 0.15) is 0 Å². The number of hydrogen-bond donors (Lipinski definition) is 1. The van der Waals surface area contributed by atoms with Gasteiger partial charge in [0.2, 0.25) is 0 Å². The molecule has 0 aliphatic carbocycles. The number of rotatable bonds is 6. The first-order chi connectivity index (χ1) is 23.7. The van der Waals surface area contributed by atoms with E-state index in [2.05, 4.69) is 149 Å². The molecule has 0 atom stereocenters. The molecule has 0 amide bonds. The van der Waals surface area contributed by atoms with Crippen LogP contribution in [-0.4, -0.2) is 14.8 Å². The summed E-state index contributed by atoms with van der Waals surface area (Å²) in [6.07, 6.45) is 0. The molecule has 2 heterocycles. The van der Waals surface area contributed by atoms with Gasteiger partial charge in [-0.15, -0.1) is 0 Å². The predicted octanol–water partition coefficient (Wildman–Crippen LogP) is 11.0. The molecular formula is C44H32N4. The second kappa shape index (κ2) is 11.4. The van der Waals surface area contributed by atoms with Gasteiger partial charge in [0.15, 0.2) is 0 Å². The van der Waals surface area contributed by atoms with Crippen LogP contribution in [0.25, 0.3) is 60.4 Å². The lowest BCUT2D eigenvalue weighted by molar-refractivity contribution is 0.934. The van der Waals surface area contributed by atoms with Crippen molar-refractivity contribution in [3.63, 3.8) is 0 Å². The molecule has 48 heavy (non-hydrogen) atoms. The van der Waals surface area contributed by atoms with Crippen LogP contribution in [0.5, 0.6) is 0 Å². The van der Waals surface area contributed by atoms with Gasteiger partial charge in [0, 0.05) is 38.3 Å². The second-order valence-electron chi connectivity index (χ2n) is 12.2. The number of anilines is 1. The zero-order valence-electron chi connectivity index (χ0n) is 26.3. The van der Waals surface area contributed by atoms with Crippen LogP contribution in [0.3, 0.4) is 0 Å². The first-order valence-corrected chi connectivity index (χ1v) is 16.3. The normalized spacial score (nSPS) is 12.0. The summed E-state index contributed by atoms with van der Waals surface area (Å²) >= 11 is 0. The number of nitrogens with zero attached hydrogens (tertiary/aromatic N) is 3. The van der Waals surface area contributed by atoms with Crippen LogP contribution in [0.15, 0.2) is 175 Å². The fourth-order valence-corrected chi connectivity index (χ4v) is 7.12. The van der Waals surface area contributed by atoms with Gasteiger partial charge in [-0.25, -0.2) is 4.99 Å². The molecule has 0 spiro atoms. The molecule has 0 unspecified atom stereocenters. The Balaban J connectivity index is 1.20. The van der Waals surface area contributed by atoms with Crippen molar-refractivity contribution in [2.45, 2.75) is 6.54 Å². The molecule has 0 bridgehead atoms. The minimum atomic E-state index is 0.604. The number of hydrogen-bond acceptors (Lipinski definition) is 2. The van der Waals surface area contributed by atoms with Gasteiger partial charge in [-0.05, 0) is 77.4 Å². The van der Waals surface area contributed by atoms with Gasteiger partial charge in [0.05, 0.1) is 34.7 Å². The average molecular weight is 617 g/mol. The molecule has 2 aromatic heterocycles. The van der Waals surface area contributed by atoms with E-state index in [1.54, 1.807) is 0 Å². The second-order valence-corrected chi connectivity index (χ2v) is 12.2. The molecule has 0 saturated heterocycles. The molecular weight excluding hydrogens is 585 g/mol. The maximum atomic E-state index is 6.35. The Hall–Kier alpha value is -6.39. The quantitative estimate of drug-likeness (QED) is 0.147. The Morgan fingerprint density at radius 3 is 1.73 bits per heavy atom. The van der Waals surface area contributed by atoms with E-state index in [1.165, 1.54) is 60.4 Å². The van der Waals surface area contributed by atoms with Crippen molar-refractivity contribution >= 4 is 60.7 Å². The third-order valence-electron chi connectivity index (χ3n) is 9.40. The highest BCUT2D eigenvalue weighted by Crippen LogP contribution is 2.37. The molecule has 9 aromatic rings. The Kier molecular flexibility index (Phi) is 6.65. The summed E-state index contributed by atoms with van der Waals surface area (Å²) in [4.78, 5) is 5.13. The molecule has 4 heteroatoms. The zero-order valence-corrected chi connectivity index (χ0v) is 26.3. The van der Waals surface area contributed by atoms with E-state index >= 15 is 0 Å². The van der Waals surface area contributed by atoms with Gasteiger partial charge < -0.3 is 14.9 Å². The van der Waals surface area contributed by atoms with E-state index in [0.29, 0.717) is 12.2 Å². The van der Waals surface area contributed by atoms with Crippen molar-refractivity contribution < 1.29 is 0 Å². The fraction of sp³-hybridized carbons (Fsp3) is 0.0227. The number of benzene rings is 7. The number of aliphatic imine (C=N–C) groups is 1.